The minimum atomic E-state index is -3.87. The third kappa shape index (κ3) is 2.59. The average Bonchev–Trinajstić information content (AvgIpc) is 2.60. The van der Waals surface area contributed by atoms with Gasteiger partial charge in [0.05, 0.1) is 5.75 Å². The van der Waals surface area contributed by atoms with Crippen molar-refractivity contribution in [3.63, 3.8) is 0 Å². The molecule has 1 N–H and O–H groups in total. The Morgan fingerprint density at radius 2 is 2.06 bits per heavy atom. The zero-order chi connectivity index (χ0) is 11.6. The zero-order valence-corrected chi connectivity index (χ0v) is 9.35. The summed E-state index contributed by atoms with van der Waals surface area (Å²) in [5, 5.41) is 0. The summed E-state index contributed by atoms with van der Waals surface area (Å²) < 4.78 is 36.8. The number of hydrogen-bond acceptors (Lipinski definition) is 3. The minimum absolute atomic E-state index is 0.237. The van der Waals surface area contributed by atoms with Crippen LogP contribution in [0.1, 0.15) is 6.42 Å². The van der Waals surface area contributed by atoms with Crippen molar-refractivity contribution in [1.82, 2.24) is 0 Å². The van der Waals surface area contributed by atoms with Gasteiger partial charge in [0.1, 0.15) is 0 Å². The standard InChI is InChI=1S/C10H11NO4S/c12-16(13,14)7-3-6-11-8-15-10-5-2-1-4-9(10)11/h1-2,4-5,8H,3,6-7H2/p+1. The van der Waals surface area contributed by atoms with Crippen molar-refractivity contribution >= 4 is 21.2 Å². The van der Waals surface area contributed by atoms with E-state index in [-0.39, 0.29) is 5.75 Å². The van der Waals surface area contributed by atoms with Gasteiger partial charge in [0.2, 0.25) is 5.58 Å². The van der Waals surface area contributed by atoms with E-state index in [1.807, 2.05) is 28.8 Å². The fourth-order valence-electron chi connectivity index (χ4n) is 1.56. The second-order valence-corrected chi connectivity index (χ2v) is 5.10. The first kappa shape index (κ1) is 11.1. The molecule has 5 nitrogen and oxygen atoms in total. The molecular formula is C10H12NO4S+. The lowest BCUT2D eigenvalue weighted by molar-refractivity contribution is -0.676. The summed E-state index contributed by atoms with van der Waals surface area (Å²) in [6, 6.07) is 7.49. The van der Waals surface area contributed by atoms with Crippen molar-refractivity contribution in [3.05, 3.63) is 30.7 Å². The molecule has 2 aromatic rings. The van der Waals surface area contributed by atoms with Crippen molar-refractivity contribution in [2.45, 2.75) is 13.0 Å². The molecule has 2 rings (SSSR count). The number of para-hydroxylation sites is 2. The number of hydrogen-bond donors (Lipinski definition) is 1. The maximum absolute atomic E-state index is 10.5. The van der Waals surface area contributed by atoms with E-state index in [0.29, 0.717) is 13.0 Å². The van der Waals surface area contributed by atoms with Gasteiger partial charge in [-0.15, -0.1) is 0 Å². The maximum Gasteiger partial charge on any atom is 0.335 e. The van der Waals surface area contributed by atoms with E-state index in [9.17, 15) is 8.42 Å². The van der Waals surface area contributed by atoms with Crippen molar-refractivity contribution in [1.29, 1.82) is 0 Å². The molecule has 0 bridgehead atoms. The highest BCUT2D eigenvalue weighted by Gasteiger charge is 2.13. The van der Waals surface area contributed by atoms with Gasteiger partial charge in [-0.1, -0.05) is 12.1 Å². The Morgan fingerprint density at radius 3 is 2.81 bits per heavy atom. The molecule has 1 heterocycles. The third-order valence-electron chi connectivity index (χ3n) is 2.28. The molecule has 0 amide bonds. The molecule has 0 saturated carbocycles. The summed E-state index contributed by atoms with van der Waals surface area (Å²) in [7, 11) is -3.87. The lowest BCUT2D eigenvalue weighted by Gasteiger charge is -1.93. The summed E-state index contributed by atoms with van der Waals surface area (Å²) >= 11 is 0. The van der Waals surface area contributed by atoms with E-state index in [1.165, 1.54) is 0 Å². The van der Waals surface area contributed by atoms with Crippen molar-refractivity contribution in [2.24, 2.45) is 0 Å². The molecular weight excluding hydrogens is 230 g/mol. The van der Waals surface area contributed by atoms with Gasteiger partial charge >= 0.3 is 6.39 Å². The monoisotopic (exact) mass is 242 g/mol. The Balaban J connectivity index is 2.10. The number of rotatable bonds is 4. The molecule has 0 spiro atoms. The summed E-state index contributed by atoms with van der Waals surface area (Å²) in [5.41, 5.74) is 1.67. The lowest BCUT2D eigenvalue weighted by atomic mass is 10.3. The first-order valence-corrected chi connectivity index (χ1v) is 6.48. The van der Waals surface area contributed by atoms with Crippen LogP contribution in [-0.4, -0.2) is 18.7 Å². The first-order chi connectivity index (χ1) is 7.56. The van der Waals surface area contributed by atoms with Crippen LogP contribution < -0.4 is 4.57 Å². The first-order valence-electron chi connectivity index (χ1n) is 4.87. The van der Waals surface area contributed by atoms with E-state index in [0.717, 1.165) is 11.1 Å². The van der Waals surface area contributed by atoms with E-state index in [2.05, 4.69) is 0 Å². The molecule has 1 aromatic carbocycles. The molecule has 6 heteroatoms. The predicted octanol–water partition coefficient (Wildman–Crippen LogP) is 0.998. The highest BCUT2D eigenvalue weighted by atomic mass is 32.2. The number of aromatic nitrogens is 1. The van der Waals surface area contributed by atoms with Crippen LogP contribution in [0.5, 0.6) is 0 Å². The molecule has 0 aliphatic rings. The van der Waals surface area contributed by atoms with Crippen molar-refractivity contribution in [2.75, 3.05) is 5.75 Å². The number of fused-ring (bicyclic) bond motifs is 1. The number of oxazole rings is 1. The topological polar surface area (TPSA) is 71.4 Å². The Labute approximate surface area is 93.1 Å². The lowest BCUT2D eigenvalue weighted by Crippen LogP contribution is -2.32. The highest BCUT2D eigenvalue weighted by molar-refractivity contribution is 7.85. The van der Waals surface area contributed by atoms with Gasteiger partial charge in [-0.25, -0.2) is 0 Å². The van der Waals surface area contributed by atoms with Crippen molar-refractivity contribution < 1.29 is 22.0 Å². The average molecular weight is 242 g/mol. The quantitative estimate of drug-likeness (QED) is 0.641. The Kier molecular flexibility index (Phi) is 2.93. The van der Waals surface area contributed by atoms with Crippen LogP contribution in [0.3, 0.4) is 0 Å². The van der Waals surface area contributed by atoms with Crippen LogP contribution in [0, 0.1) is 0 Å². The van der Waals surface area contributed by atoms with Gasteiger partial charge in [0.15, 0.2) is 6.54 Å². The highest BCUT2D eigenvalue weighted by Crippen LogP contribution is 2.09. The predicted molar refractivity (Wildman–Crippen MR) is 57.4 cm³/mol. The van der Waals surface area contributed by atoms with E-state index >= 15 is 0 Å². The Hall–Kier alpha value is -1.40. The van der Waals surface area contributed by atoms with Gasteiger partial charge in [0, 0.05) is 12.5 Å². The van der Waals surface area contributed by atoms with E-state index < -0.39 is 10.1 Å². The second-order valence-electron chi connectivity index (χ2n) is 3.52. The largest absolute Gasteiger partial charge is 0.404 e. The summed E-state index contributed by atoms with van der Waals surface area (Å²) in [5.74, 6) is -0.237. The summed E-state index contributed by atoms with van der Waals surface area (Å²) in [6.45, 7) is 0.497. The number of benzene rings is 1. The number of nitrogens with zero attached hydrogens (tertiary/aromatic N) is 1. The van der Waals surface area contributed by atoms with Gasteiger partial charge in [-0.3, -0.25) is 4.55 Å². The molecule has 16 heavy (non-hydrogen) atoms. The molecule has 0 fully saturated rings. The molecule has 0 saturated heterocycles. The van der Waals surface area contributed by atoms with Gasteiger partial charge in [-0.2, -0.15) is 13.0 Å². The van der Waals surface area contributed by atoms with Crippen LogP contribution in [0.2, 0.25) is 0 Å². The van der Waals surface area contributed by atoms with E-state index in [1.54, 1.807) is 6.39 Å². The van der Waals surface area contributed by atoms with Crippen LogP contribution in [0.25, 0.3) is 11.1 Å². The molecule has 0 aliphatic heterocycles. The molecule has 0 unspecified atom stereocenters. The van der Waals surface area contributed by atoms with E-state index in [4.69, 9.17) is 8.97 Å². The Morgan fingerprint density at radius 1 is 1.31 bits per heavy atom. The number of aryl methyl sites for hydroxylation is 1. The molecule has 0 aliphatic carbocycles. The van der Waals surface area contributed by atoms with Crippen LogP contribution in [0.15, 0.2) is 35.1 Å². The van der Waals surface area contributed by atoms with Gasteiger partial charge in [0.25, 0.3) is 15.6 Å². The third-order valence-corrected chi connectivity index (χ3v) is 3.09. The summed E-state index contributed by atoms with van der Waals surface area (Å²) in [4.78, 5) is 0. The SMILES string of the molecule is O=S(=O)(O)CCC[n+]1coc2ccccc21. The fraction of sp³-hybridized carbons (Fsp3) is 0.300. The Bertz CT molecular complexity index is 588. The van der Waals surface area contributed by atoms with Crippen LogP contribution in [-0.2, 0) is 16.7 Å². The van der Waals surface area contributed by atoms with Crippen molar-refractivity contribution in [3.8, 4) is 0 Å². The van der Waals surface area contributed by atoms with Crippen LogP contribution in [0.4, 0.5) is 0 Å². The maximum atomic E-state index is 10.5. The van der Waals surface area contributed by atoms with Crippen LogP contribution >= 0.6 is 0 Å². The normalized spacial score (nSPS) is 12.1. The molecule has 0 atom stereocenters. The molecule has 1 aromatic heterocycles. The zero-order valence-electron chi connectivity index (χ0n) is 8.54. The minimum Gasteiger partial charge on any atom is -0.404 e. The second kappa shape index (κ2) is 4.23. The molecule has 0 radical (unpaired) electrons. The summed E-state index contributed by atoms with van der Waals surface area (Å²) in [6.07, 6.45) is 1.90. The fourth-order valence-corrected chi connectivity index (χ4v) is 2.06. The van der Waals surface area contributed by atoms with Gasteiger partial charge in [-0.05, 0) is 6.07 Å². The molecule has 86 valence electrons. The smallest absolute Gasteiger partial charge is 0.335 e. The van der Waals surface area contributed by atoms with Gasteiger partial charge < -0.3 is 4.42 Å².